The standard InChI is InChI=1S/C28H26Br2Si/c1-21(29)23-13-17-27(18-14-23)31(25-9-5-3-6-10-25,26-11-7-4-8-12-26)28-19-15-24(16-20-28)22(2)30/h3-22H,1-2H3. The molecule has 0 aliphatic carbocycles. The van der Waals surface area contributed by atoms with Gasteiger partial charge in [-0.1, -0.05) is 141 Å². The van der Waals surface area contributed by atoms with Gasteiger partial charge in [0.25, 0.3) is 0 Å². The Morgan fingerprint density at radius 2 is 0.742 bits per heavy atom. The fourth-order valence-electron chi connectivity index (χ4n) is 4.37. The monoisotopic (exact) mass is 548 g/mol. The van der Waals surface area contributed by atoms with Gasteiger partial charge >= 0.3 is 0 Å². The quantitative estimate of drug-likeness (QED) is 0.158. The molecule has 4 aromatic rings. The molecule has 3 heteroatoms. The van der Waals surface area contributed by atoms with Gasteiger partial charge in [-0.3, -0.25) is 0 Å². The lowest BCUT2D eigenvalue weighted by Gasteiger charge is -2.34. The zero-order valence-corrected chi connectivity index (χ0v) is 22.0. The maximum absolute atomic E-state index is 3.72. The van der Waals surface area contributed by atoms with Crippen LogP contribution in [-0.4, -0.2) is 8.07 Å². The first-order chi connectivity index (χ1) is 15.0. The number of benzene rings is 4. The third-order valence-electron chi connectivity index (χ3n) is 6.02. The first-order valence-corrected chi connectivity index (χ1v) is 14.5. The molecule has 31 heavy (non-hydrogen) atoms. The van der Waals surface area contributed by atoms with Crippen LogP contribution >= 0.6 is 31.9 Å². The zero-order chi connectivity index (χ0) is 21.8. The van der Waals surface area contributed by atoms with Crippen molar-refractivity contribution in [2.24, 2.45) is 0 Å². The van der Waals surface area contributed by atoms with E-state index < -0.39 is 8.07 Å². The van der Waals surface area contributed by atoms with E-state index in [1.807, 2.05) is 0 Å². The molecule has 0 aromatic heterocycles. The molecule has 0 fully saturated rings. The first-order valence-electron chi connectivity index (χ1n) is 10.6. The summed E-state index contributed by atoms with van der Waals surface area (Å²) in [6, 6.07) is 40.6. The molecule has 4 aromatic carbocycles. The van der Waals surface area contributed by atoms with Gasteiger partial charge in [0, 0.05) is 9.65 Å². The molecular weight excluding hydrogens is 524 g/mol. The van der Waals surface area contributed by atoms with Crippen LogP contribution in [0.25, 0.3) is 0 Å². The molecule has 0 N–H and O–H groups in total. The van der Waals surface area contributed by atoms with Crippen molar-refractivity contribution in [1.29, 1.82) is 0 Å². The van der Waals surface area contributed by atoms with Gasteiger partial charge in [-0.2, -0.15) is 0 Å². The van der Waals surface area contributed by atoms with E-state index in [1.54, 1.807) is 0 Å². The van der Waals surface area contributed by atoms with Crippen LogP contribution in [0.4, 0.5) is 0 Å². The van der Waals surface area contributed by atoms with Crippen LogP contribution in [0.2, 0.25) is 0 Å². The van der Waals surface area contributed by atoms with Gasteiger partial charge in [0.05, 0.1) is 0 Å². The Kier molecular flexibility index (Phi) is 6.95. The maximum atomic E-state index is 3.72. The van der Waals surface area contributed by atoms with Crippen molar-refractivity contribution in [1.82, 2.24) is 0 Å². The van der Waals surface area contributed by atoms with Crippen LogP contribution in [-0.2, 0) is 0 Å². The van der Waals surface area contributed by atoms with Gasteiger partial charge < -0.3 is 0 Å². The third-order valence-corrected chi connectivity index (χ3v) is 11.9. The number of rotatable bonds is 6. The SMILES string of the molecule is CC(Br)c1ccc([Si](c2ccccc2)(c2ccccc2)c2ccc(C(C)Br)cc2)cc1. The van der Waals surface area contributed by atoms with Crippen molar-refractivity contribution in [2.45, 2.75) is 23.5 Å². The maximum Gasteiger partial charge on any atom is 0.179 e. The predicted octanol–water partition coefficient (Wildman–Crippen LogP) is 5.98. The average molecular weight is 550 g/mol. The minimum absolute atomic E-state index is 0.339. The Morgan fingerprint density at radius 3 is 1.03 bits per heavy atom. The lowest BCUT2D eigenvalue weighted by Crippen LogP contribution is -2.74. The molecule has 0 aliphatic rings. The van der Waals surface area contributed by atoms with E-state index in [9.17, 15) is 0 Å². The van der Waals surface area contributed by atoms with E-state index in [0.29, 0.717) is 9.65 Å². The summed E-state index contributed by atoms with van der Waals surface area (Å²) >= 11 is 7.44. The number of halogens is 2. The van der Waals surface area contributed by atoms with Gasteiger partial charge in [-0.25, -0.2) is 0 Å². The molecule has 0 radical (unpaired) electrons. The lowest BCUT2D eigenvalue weighted by molar-refractivity contribution is 1.12. The van der Waals surface area contributed by atoms with E-state index in [2.05, 4.69) is 155 Å². The van der Waals surface area contributed by atoms with Crippen LogP contribution < -0.4 is 20.7 Å². The fraction of sp³-hybridized carbons (Fsp3) is 0.143. The van der Waals surface area contributed by atoms with Crippen molar-refractivity contribution < 1.29 is 0 Å². The molecule has 0 heterocycles. The Hall–Kier alpha value is -1.94. The highest BCUT2D eigenvalue weighted by atomic mass is 79.9. The summed E-state index contributed by atoms with van der Waals surface area (Å²) in [5, 5.41) is 5.61. The van der Waals surface area contributed by atoms with E-state index in [4.69, 9.17) is 0 Å². The highest BCUT2D eigenvalue weighted by molar-refractivity contribution is 9.09. The molecule has 0 bridgehead atoms. The molecule has 0 aliphatic heterocycles. The number of hydrogen-bond acceptors (Lipinski definition) is 0. The molecular formula is C28H26Br2Si. The van der Waals surface area contributed by atoms with E-state index >= 15 is 0 Å². The molecule has 0 saturated carbocycles. The van der Waals surface area contributed by atoms with E-state index in [0.717, 1.165) is 0 Å². The molecule has 156 valence electrons. The highest BCUT2D eigenvalue weighted by Gasteiger charge is 2.41. The van der Waals surface area contributed by atoms with Crippen LogP contribution in [0, 0.1) is 0 Å². The Balaban J connectivity index is 2.04. The first kappa shape index (κ1) is 22.3. The topological polar surface area (TPSA) is 0 Å². The van der Waals surface area contributed by atoms with Crippen LogP contribution in [0.1, 0.15) is 34.6 Å². The van der Waals surface area contributed by atoms with Gasteiger partial charge in [0.2, 0.25) is 0 Å². The molecule has 2 unspecified atom stereocenters. The minimum Gasteiger partial charge on any atom is -0.0842 e. The summed E-state index contributed by atoms with van der Waals surface area (Å²) in [6.07, 6.45) is 0. The third kappa shape index (κ3) is 4.37. The normalized spacial score (nSPS) is 13.5. The molecule has 0 saturated heterocycles. The number of hydrogen-bond donors (Lipinski definition) is 0. The fourth-order valence-corrected chi connectivity index (χ4v) is 9.70. The second kappa shape index (κ2) is 9.68. The van der Waals surface area contributed by atoms with Gasteiger partial charge in [-0.15, -0.1) is 0 Å². The summed E-state index contributed by atoms with van der Waals surface area (Å²) in [7, 11) is -2.45. The molecule has 2 atom stereocenters. The summed E-state index contributed by atoms with van der Waals surface area (Å²) in [6.45, 7) is 4.35. The van der Waals surface area contributed by atoms with Crippen molar-refractivity contribution in [3.8, 4) is 0 Å². The Bertz CT molecular complexity index is 1010. The van der Waals surface area contributed by atoms with Crippen molar-refractivity contribution >= 4 is 60.7 Å². The second-order valence-corrected chi connectivity index (χ2v) is 14.5. The zero-order valence-electron chi connectivity index (χ0n) is 17.8. The van der Waals surface area contributed by atoms with Gasteiger partial charge in [0.15, 0.2) is 8.07 Å². The Morgan fingerprint density at radius 1 is 0.452 bits per heavy atom. The minimum atomic E-state index is -2.45. The smallest absolute Gasteiger partial charge is 0.0842 e. The Labute approximate surface area is 203 Å². The van der Waals surface area contributed by atoms with E-state index in [-0.39, 0.29) is 0 Å². The molecule has 0 nitrogen and oxygen atoms in total. The van der Waals surface area contributed by atoms with Crippen molar-refractivity contribution in [3.05, 3.63) is 120 Å². The van der Waals surface area contributed by atoms with Gasteiger partial charge in [-0.05, 0) is 45.7 Å². The van der Waals surface area contributed by atoms with Crippen LogP contribution in [0.5, 0.6) is 0 Å². The molecule has 4 rings (SSSR count). The largest absolute Gasteiger partial charge is 0.179 e. The van der Waals surface area contributed by atoms with Crippen molar-refractivity contribution in [3.63, 3.8) is 0 Å². The van der Waals surface area contributed by atoms with Crippen molar-refractivity contribution in [2.75, 3.05) is 0 Å². The second-order valence-electron chi connectivity index (χ2n) is 7.96. The van der Waals surface area contributed by atoms with E-state index in [1.165, 1.54) is 31.9 Å². The number of alkyl halides is 2. The van der Waals surface area contributed by atoms with Gasteiger partial charge in [0.1, 0.15) is 0 Å². The molecule has 0 amide bonds. The summed E-state index contributed by atoms with van der Waals surface area (Å²) in [4.78, 5) is 0.677. The highest BCUT2D eigenvalue weighted by Crippen LogP contribution is 2.22. The summed E-state index contributed by atoms with van der Waals surface area (Å²) < 4.78 is 0. The summed E-state index contributed by atoms with van der Waals surface area (Å²) in [5.74, 6) is 0. The van der Waals surface area contributed by atoms with Crippen LogP contribution in [0.15, 0.2) is 109 Å². The average Bonchev–Trinajstić information content (AvgIpc) is 2.82. The predicted molar refractivity (Wildman–Crippen MR) is 145 cm³/mol. The molecule has 0 spiro atoms. The van der Waals surface area contributed by atoms with Crippen LogP contribution in [0.3, 0.4) is 0 Å². The lowest BCUT2D eigenvalue weighted by atomic mass is 10.2. The summed E-state index contributed by atoms with van der Waals surface area (Å²) in [5.41, 5.74) is 2.60.